The fourth-order valence-corrected chi connectivity index (χ4v) is 4.01. The molecule has 4 nitrogen and oxygen atoms in total. The van der Waals surface area contributed by atoms with Crippen molar-refractivity contribution in [3.8, 4) is 0 Å². The van der Waals surface area contributed by atoms with Crippen LogP contribution in [-0.2, 0) is 4.79 Å². The van der Waals surface area contributed by atoms with E-state index in [4.69, 9.17) is 0 Å². The first-order valence-electron chi connectivity index (χ1n) is 8.03. The first-order valence-corrected chi connectivity index (χ1v) is 8.91. The summed E-state index contributed by atoms with van der Waals surface area (Å²) in [6.07, 6.45) is 6.32. The summed E-state index contributed by atoms with van der Waals surface area (Å²) in [5.41, 5.74) is 1.36. The number of benzene rings is 1. The molecule has 0 saturated heterocycles. The number of anilines is 1. The molecular weight excluding hydrogens is 296 g/mol. The lowest BCUT2D eigenvalue weighted by Gasteiger charge is -2.23. The van der Waals surface area contributed by atoms with Gasteiger partial charge in [0.15, 0.2) is 0 Å². The third-order valence-electron chi connectivity index (χ3n) is 4.45. The van der Waals surface area contributed by atoms with Crippen LogP contribution in [-0.4, -0.2) is 23.6 Å². The second-order valence-corrected chi connectivity index (χ2v) is 7.56. The summed E-state index contributed by atoms with van der Waals surface area (Å²) in [5.74, 6) is 0.565. The van der Waals surface area contributed by atoms with Crippen molar-refractivity contribution in [2.45, 2.75) is 49.2 Å². The van der Waals surface area contributed by atoms with Crippen LogP contribution in [0.15, 0.2) is 23.1 Å². The highest BCUT2D eigenvalue weighted by Gasteiger charge is 2.24. The third-order valence-corrected chi connectivity index (χ3v) is 5.63. The molecular formula is C17H22N2O2S. The molecule has 1 fully saturated rings. The van der Waals surface area contributed by atoms with Gasteiger partial charge in [0, 0.05) is 17.0 Å². The molecule has 2 aliphatic rings. The van der Waals surface area contributed by atoms with E-state index in [0.29, 0.717) is 11.5 Å². The van der Waals surface area contributed by atoms with Crippen LogP contribution in [0.1, 0.15) is 49.4 Å². The number of fused-ring (bicyclic) bond motifs is 1. The first-order chi connectivity index (χ1) is 10.6. The molecule has 1 saturated carbocycles. The Hall–Kier alpha value is -1.49. The van der Waals surface area contributed by atoms with E-state index >= 15 is 0 Å². The Morgan fingerprint density at radius 3 is 2.86 bits per heavy atom. The molecule has 2 amide bonds. The van der Waals surface area contributed by atoms with E-state index in [1.807, 2.05) is 19.1 Å². The zero-order valence-corrected chi connectivity index (χ0v) is 13.7. The van der Waals surface area contributed by atoms with E-state index in [9.17, 15) is 9.59 Å². The Balaban J connectivity index is 1.63. The fourth-order valence-electron chi connectivity index (χ4n) is 3.08. The minimum atomic E-state index is -0.0847. The molecule has 3 rings (SSSR count). The molecule has 22 heavy (non-hydrogen) atoms. The van der Waals surface area contributed by atoms with E-state index in [-0.39, 0.29) is 17.1 Å². The Kier molecular flexibility index (Phi) is 4.71. The van der Waals surface area contributed by atoms with Gasteiger partial charge in [-0.2, -0.15) is 0 Å². The summed E-state index contributed by atoms with van der Waals surface area (Å²) in [6, 6.07) is 5.54. The summed E-state index contributed by atoms with van der Waals surface area (Å²) in [7, 11) is 0. The number of carbonyl (C=O) groups excluding carboxylic acids is 2. The predicted octanol–water partition coefficient (Wildman–Crippen LogP) is 3.43. The number of hydrogen-bond donors (Lipinski definition) is 2. The lowest BCUT2D eigenvalue weighted by atomic mass is 9.89. The van der Waals surface area contributed by atoms with Crippen LogP contribution in [0.2, 0.25) is 0 Å². The van der Waals surface area contributed by atoms with E-state index < -0.39 is 0 Å². The van der Waals surface area contributed by atoms with Crippen LogP contribution in [0.5, 0.6) is 0 Å². The average Bonchev–Trinajstić information content (AvgIpc) is 2.54. The van der Waals surface area contributed by atoms with Gasteiger partial charge in [-0.1, -0.05) is 19.3 Å². The van der Waals surface area contributed by atoms with Gasteiger partial charge in [0.25, 0.3) is 5.91 Å². The molecule has 1 heterocycles. The maximum absolute atomic E-state index is 12.3. The van der Waals surface area contributed by atoms with Crippen molar-refractivity contribution < 1.29 is 9.59 Å². The van der Waals surface area contributed by atoms with Gasteiger partial charge < -0.3 is 10.6 Å². The van der Waals surface area contributed by atoms with Crippen LogP contribution >= 0.6 is 11.8 Å². The van der Waals surface area contributed by atoms with Gasteiger partial charge in [-0.3, -0.25) is 9.59 Å². The van der Waals surface area contributed by atoms with Crippen LogP contribution in [0, 0.1) is 5.92 Å². The highest BCUT2D eigenvalue weighted by molar-refractivity contribution is 8.00. The lowest BCUT2D eigenvalue weighted by Crippen LogP contribution is -2.31. The normalized spacial score (nSPS) is 21.9. The molecule has 5 heteroatoms. The molecule has 0 bridgehead atoms. The molecule has 1 aromatic rings. The Labute approximate surface area is 135 Å². The Bertz CT molecular complexity index is 582. The predicted molar refractivity (Wildman–Crippen MR) is 89.3 cm³/mol. The topological polar surface area (TPSA) is 58.2 Å². The summed E-state index contributed by atoms with van der Waals surface area (Å²) >= 11 is 1.53. The molecule has 0 aromatic heterocycles. The number of amides is 2. The van der Waals surface area contributed by atoms with Crippen molar-refractivity contribution in [2.24, 2.45) is 5.92 Å². The third kappa shape index (κ3) is 3.46. The van der Waals surface area contributed by atoms with Gasteiger partial charge in [-0.15, -0.1) is 11.8 Å². The Morgan fingerprint density at radius 2 is 2.09 bits per heavy atom. The number of rotatable bonds is 3. The Morgan fingerprint density at radius 1 is 1.32 bits per heavy atom. The lowest BCUT2D eigenvalue weighted by molar-refractivity contribution is -0.115. The smallest absolute Gasteiger partial charge is 0.251 e. The molecule has 1 aliphatic heterocycles. The SMILES string of the molecule is CC1Sc2ccc(C(=O)NCC3CCCCC3)cc2NC1=O. The minimum Gasteiger partial charge on any atom is -0.352 e. The van der Waals surface area contributed by atoms with Gasteiger partial charge in [0.2, 0.25) is 5.91 Å². The van der Waals surface area contributed by atoms with Crippen LogP contribution < -0.4 is 10.6 Å². The number of hydrogen-bond acceptors (Lipinski definition) is 3. The molecule has 1 aromatic carbocycles. The summed E-state index contributed by atoms with van der Waals surface area (Å²) in [5, 5.41) is 5.82. The second-order valence-electron chi connectivity index (χ2n) is 6.17. The number of thioether (sulfide) groups is 1. The molecule has 0 radical (unpaired) electrons. The monoisotopic (exact) mass is 318 g/mol. The summed E-state index contributed by atoms with van der Waals surface area (Å²) < 4.78 is 0. The largest absolute Gasteiger partial charge is 0.352 e. The summed E-state index contributed by atoms with van der Waals surface area (Å²) in [4.78, 5) is 25.1. The van der Waals surface area contributed by atoms with E-state index in [0.717, 1.165) is 17.1 Å². The maximum atomic E-state index is 12.3. The quantitative estimate of drug-likeness (QED) is 0.897. The van der Waals surface area contributed by atoms with Crippen molar-refractivity contribution in [3.05, 3.63) is 23.8 Å². The molecule has 2 N–H and O–H groups in total. The van der Waals surface area contributed by atoms with Crippen LogP contribution in [0.4, 0.5) is 5.69 Å². The van der Waals surface area contributed by atoms with E-state index in [1.54, 1.807) is 6.07 Å². The van der Waals surface area contributed by atoms with Crippen LogP contribution in [0.25, 0.3) is 0 Å². The maximum Gasteiger partial charge on any atom is 0.251 e. The molecule has 0 spiro atoms. The average molecular weight is 318 g/mol. The van der Waals surface area contributed by atoms with Crippen molar-refractivity contribution in [1.82, 2.24) is 5.32 Å². The molecule has 1 unspecified atom stereocenters. The first kappa shape index (κ1) is 15.4. The highest BCUT2D eigenvalue weighted by atomic mass is 32.2. The number of carbonyl (C=O) groups is 2. The van der Waals surface area contributed by atoms with Gasteiger partial charge >= 0.3 is 0 Å². The highest BCUT2D eigenvalue weighted by Crippen LogP contribution is 2.35. The van der Waals surface area contributed by atoms with Crippen molar-refractivity contribution in [1.29, 1.82) is 0 Å². The second kappa shape index (κ2) is 6.73. The van der Waals surface area contributed by atoms with Crippen molar-refractivity contribution in [2.75, 3.05) is 11.9 Å². The molecule has 1 aliphatic carbocycles. The van der Waals surface area contributed by atoms with Crippen molar-refractivity contribution >= 4 is 29.3 Å². The zero-order chi connectivity index (χ0) is 15.5. The van der Waals surface area contributed by atoms with Crippen LogP contribution in [0.3, 0.4) is 0 Å². The fraction of sp³-hybridized carbons (Fsp3) is 0.529. The van der Waals surface area contributed by atoms with Gasteiger partial charge in [-0.05, 0) is 43.9 Å². The number of nitrogens with one attached hydrogen (secondary N) is 2. The van der Waals surface area contributed by atoms with E-state index in [1.165, 1.54) is 43.9 Å². The minimum absolute atomic E-state index is 0.00253. The standard InChI is InChI=1S/C17H22N2O2S/c1-11-16(20)19-14-9-13(7-8-15(14)22-11)17(21)18-10-12-5-3-2-4-6-12/h7-9,11-12H,2-6,10H2,1H3,(H,18,21)(H,19,20). The van der Waals surface area contributed by atoms with Gasteiger partial charge in [-0.25, -0.2) is 0 Å². The zero-order valence-electron chi connectivity index (χ0n) is 12.9. The summed E-state index contributed by atoms with van der Waals surface area (Å²) in [6.45, 7) is 2.64. The van der Waals surface area contributed by atoms with Gasteiger partial charge in [0.05, 0.1) is 10.9 Å². The molecule has 1 atom stereocenters. The van der Waals surface area contributed by atoms with Gasteiger partial charge in [0.1, 0.15) is 0 Å². The van der Waals surface area contributed by atoms with E-state index in [2.05, 4.69) is 10.6 Å². The van der Waals surface area contributed by atoms with Crippen molar-refractivity contribution in [3.63, 3.8) is 0 Å². The molecule has 118 valence electrons.